The third-order valence-electron chi connectivity index (χ3n) is 15.5. The van der Waals surface area contributed by atoms with Crippen molar-refractivity contribution in [2.75, 3.05) is 26.4 Å². The Hall–Kier alpha value is -3.85. The van der Waals surface area contributed by atoms with Crippen molar-refractivity contribution in [1.82, 2.24) is 0 Å². The van der Waals surface area contributed by atoms with Crippen molar-refractivity contribution >= 4 is 19.8 Å². The average molecular weight is 1260 g/mol. The Labute approximate surface area is 548 Å². The summed E-state index contributed by atoms with van der Waals surface area (Å²) in [6, 6.07) is 0. The van der Waals surface area contributed by atoms with Crippen molar-refractivity contribution in [1.29, 1.82) is 0 Å². The molecule has 2 atom stereocenters. The van der Waals surface area contributed by atoms with Crippen LogP contribution in [0.4, 0.5) is 0 Å². The number of unbranched alkanes of at least 4 members (excludes halogenated alkanes) is 33. The third kappa shape index (κ3) is 73.1. The fourth-order valence-corrected chi connectivity index (χ4v) is 10.9. The first-order chi connectivity index (χ1) is 43.8. The number of ether oxygens (including phenoxy) is 2. The van der Waals surface area contributed by atoms with Crippen LogP contribution in [-0.4, -0.2) is 49.3 Å². The molecule has 0 aromatic heterocycles. The van der Waals surface area contributed by atoms with Gasteiger partial charge in [0.25, 0.3) is 0 Å². The minimum atomic E-state index is -4.40. The minimum Gasteiger partial charge on any atom is -0.462 e. The molecule has 510 valence electrons. The minimum absolute atomic E-state index is 0.0484. The van der Waals surface area contributed by atoms with Crippen LogP contribution in [0.2, 0.25) is 0 Å². The highest BCUT2D eigenvalue weighted by molar-refractivity contribution is 7.47. The van der Waals surface area contributed by atoms with Crippen molar-refractivity contribution < 1.29 is 37.6 Å². The van der Waals surface area contributed by atoms with Gasteiger partial charge in [-0.05, 0) is 116 Å². The number of nitrogens with two attached hydrogens (primary N) is 1. The molecule has 0 fully saturated rings. The molecule has 9 nitrogen and oxygen atoms in total. The fourth-order valence-electron chi connectivity index (χ4n) is 10.1. The van der Waals surface area contributed by atoms with Crippen molar-refractivity contribution in [3.05, 3.63) is 134 Å². The molecule has 0 aliphatic rings. The summed E-state index contributed by atoms with van der Waals surface area (Å²) < 4.78 is 33.2. The third-order valence-corrected chi connectivity index (χ3v) is 16.5. The molecule has 0 bridgehead atoms. The molecule has 0 spiro atoms. The van der Waals surface area contributed by atoms with E-state index in [9.17, 15) is 19.0 Å². The number of rotatable bonds is 68. The summed E-state index contributed by atoms with van der Waals surface area (Å²) in [5, 5.41) is 0. The zero-order valence-corrected chi connectivity index (χ0v) is 58.3. The standard InChI is InChI=1S/C79H136NO8P/c1-3-5-7-9-11-13-15-17-19-21-23-25-27-29-31-32-33-34-35-36-37-38-39-40-41-42-43-44-46-48-50-52-54-56-58-60-62-64-66-68-70-72-79(82)88-77(76-87-89(83,84)86-74-73-80)75-85-78(81)71-69-67-65-63-61-59-57-55-53-51-49-47-45-30-28-26-24-22-20-18-16-14-12-10-8-6-4-2/h5,7,11,13,17,19,22-25,29,31,33-34,36-37,39-40,42-43,46,48,77H,3-4,6,8-10,12,14-16,18,20-21,26-28,30,32,35,38,41,44-45,47,49-76,80H2,1-2H3,(H,83,84)/b7-5-,13-11-,19-17-,24-22-,25-23-,31-29-,34-33-,37-36-,40-39-,43-42-,48-46-. The fraction of sp³-hybridized carbons (Fsp3) is 0.696. The van der Waals surface area contributed by atoms with Crippen LogP contribution in [0, 0.1) is 0 Å². The number of carbonyl (C=O) groups excluding carboxylic acids is 2. The Morgan fingerprint density at radius 3 is 0.933 bits per heavy atom. The van der Waals surface area contributed by atoms with E-state index in [1.165, 1.54) is 180 Å². The molecular weight excluding hydrogens is 1120 g/mol. The monoisotopic (exact) mass is 1260 g/mol. The second-order valence-electron chi connectivity index (χ2n) is 24.1. The van der Waals surface area contributed by atoms with Crippen molar-refractivity contribution in [3.63, 3.8) is 0 Å². The first-order valence-corrected chi connectivity index (χ1v) is 38.2. The molecule has 0 saturated heterocycles. The number of carbonyl (C=O) groups is 2. The van der Waals surface area contributed by atoms with E-state index >= 15 is 0 Å². The number of phosphoric acid groups is 1. The summed E-state index contributed by atoms with van der Waals surface area (Å²) in [5.41, 5.74) is 5.40. The maximum atomic E-state index is 12.8. The van der Waals surface area contributed by atoms with Gasteiger partial charge in [0.1, 0.15) is 6.61 Å². The van der Waals surface area contributed by atoms with E-state index in [-0.39, 0.29) is 38.6 Å². The van der Waals surface area contributed by atoms with Gasteiger partial charge >= 0.3 is 19.8 Å². The SMILES string of the molecule is CC/C=C\C/C=C\C/C=C\C/C=C\C/C=C\C/C=C\C/C=C\C/C=C\C/C=C\C/C=C\CCCCCCCCCCCCC(=O)OC(COC(=O)CCCCCCCCCCCCCCCCC/C=C\CCCCCCCCCC)COP(=O)(O)OCCN. The van der Waals surface area contributed by atoms with Gasteiger partial charge in [0.2, 0.25) is 0 Å². The lowest BCUT2D eigenvalue weighted by Gasteiger charge is -2.19. The lowest BCUT2D eigenvalue weighted by atomic mass is 10.0. The maximum absolute atomic E-state index is 12.8. The van der Waals surface area contributed by atoms with E-state index in [4.69, 9.17) is 24.3 Å². The van der Waals surface area contributed by atoms with E-state index in [0.29, 0.717) is 6.42 Å². The van der Waals surface area contributed by atoms with Crippen LogP contribution < -0.4 is 5.73 Å². The Bertz CT molecular complexity index is 1920. The number of esters is 2. The largest absolute Gasteiger partial charge is 0.472 e. The van der Waals surface area contributed by atoms with Gasteiger partial charge in [-0.15, -0.1) is 0 Å². The predicted octanol–water partition coefficient (Wildman–Crippen LogP) is 24.4. The molecule has 2 unspecified atom stereocenters. The van der Waals surface area contributed by atoms with Gasteiger partial charge in [-0.2, -0.15) is 0 Å². The Morgan fingerprint density at radius 2 is 0.618 bits per heavy atom. The summed E-state index contributed by atoms with van der Waals surface area (Å²) in [5.74, 6) is -0.828. The van der Waals surface area contributed by atoms with Crippen LogP contribution >= 0.6 is 7.82 Å². The molecule has 0 aliphatic carbocycles. The van der Waals surface area contributed by atoms with Gasteiger partial charge in [-0.1, -0.05) is 327 Å². The summed E-state index contributed by atoms with van der Waals surface area (Å²) >= 11 is 0. The first-order valence-electron chi connectivity index (χ1n) is 36.7. The average Bonchev–Trinajstić information content (AvgIpc) is 3.58. The molecule has 3 N–H and O–H groups in total. The number of allylic oxidation sites excluding steroid dienone is 22. The van der Waals surface area contributed by atoms with Crippen molar-refractivity contribution in [2.45, 2.75) is 328 Å². The summed E-state index contributed by atoms with van der Waals surface area (Å²) in [4.78, 5) is 35.4. The normalized spacial score (nSPS) is 13.7. The van der Waals surface area contributed by atoms with E-state index in [1.807, 2.05) is 0 Å². The van der Waals surface area contributed by atoms with E-state index in [1.54, 1.807) is 0 Å². The quantitative estimate of drug-likeness (QED) is 0.0264. The van der Waals surface area contributed by atoms with Gasteiger partial charge in [-0.3, -0.25) is 18.6 Å². The molecular formula is C79H136NO8P. The van der Waals surface area contributed by atoms with E-state index in [2.05, 4.69) is 148 Å². The van der Waals surface area contributed by atoms with Crippen LogP contribution in [0.25, 0.3) is 0 Å². The summed E-state index contributed by atoms with van der Waals surface area (Å²) in [7, 11) is -4.40. The Kier molecular flexibility index (Phi) is 70.0. The van der Waals surface area contributed by atoms with Gasteiger partial charge in [0, 0.05) is 19.4 Å². The van der Waals surface area contributed by atoms with Crippen LogP contribution in [0.3, 0.4) is 0 Å². The molecule has 0 aliphatic heterocycles. The Balaban J connectivity index is 3.92. The second-order valence-corrected chi connectivity index (χ2v) is 25.5. The smallest absolute Gasteiger partial charge is 0.462 e. The molecule has 0 amide bonds. The van der Waals surface area contributed by atoms with Gasteiger partial charge in [-0.25, -0.2) is 4.57 Å². The highest BCUT2D eigenvalue weighted by Gasteiger charge is 2.26. The number of hydrogen-bond donors (Lipinski definition) is 2. The molecule has 10 heteroatoms. The number of phosphoric ester groups is 1. The van der Waals surface area contributed by atoms with Crippen LogP contribution in [0.5, 0.6) is 0 Å². The number of hydrogen-bond acceptors (Lipinski definition) is 8. The predicted molar refractivity (Wildman–Crippen MR) is 385 cm³/mol. The lowest BCUT2D eigenvalue weighted by molar-refractivity contribution is -0.161. The molecule has 0 heterocycles. The maximum Gasteiger partial charge on any atom is 0.472 e. The van der Waals surface area contributed by atoms with Gasteiger partial charge in [0.15, 0.2) is 6.10 Å². The van der Waals surface area contributed by atoms with Gasteiger partial charge in [0.05, 0.1) is 13.2 Å². The highest BCUT2D eigenvalue weighted by Crippen LogP contribution is 2.43. The molecule has 0 saturated carbocycles. The second kappa shape index (κ2) is 73.2. The molecule has 0 aromatic carbocycles. The summed E-state index contributed by atoms with van der Waals surface area (Å²) in [6.45, 7) is 3.65. The lowest BCUT2D eigenvalue weighted by Crippen LogP contribution is -2.29. The molecule has 0 aromatic rings. The topological polar surface area (TPSA) is 134 Å². The molecule has 0 radical (unpaired) electrons. The zero-order chi connectivity index (χ0) is 64.4. The van der Waals surface area contributed by atoms with Gasteiger partial charge < -0.3 is 20.1 Å². The Morgan fingerprint density at radius 1 is 0.348 bits per heavy atom. The first kappa shape index (κ1) is 85.2. The van der Waals surface area contributed by atoms with Crippen LogP contribution in [0.1, 0.15) is 322 Å². The van der Waals surface area contributed by atoms with E-state index in [0.717, 1.165) is 109 Å². The molecule has 0 rings (SSSR count). The zero-order valence-electron chi connectivity index (χ0n) is 57.4. The highest BCUT2D eigenvalue weighted by atomic mass is 31.2. The summed E-state index contributed by atoms with van der Waals surface area (Å²) in [6.07, 6.45) is 104. The van der Waals surface area contributed by atoms with Crippen LogP contribution in [0.15, 0.2) is 134 Å². The van der Waals surface area contributed by atoms with E-state index < -0.39 is 26.5 Å². The van der Waals surface area contributed by atoms with Crippen LogP contribution in [-0.2, 0) is 32.7 Å². The van der Waals surface area contributed by atoms with Crippen molar-refractivity contribution in [3.8, 4) is 0 Å². The van der Waals surface area contributed by atoms with Crippen molar-refractivity contribution in [2.24, 2.45) is 5.73 Å². The molecule has 89 heavy (non-hydrogen) atoms.